The second kappa shape index (κ2) is 22.4. The predicted octanol–water partition coefficient (Wildman–Crippen LogP) is -4.44. The van der Waals surface area contributed by atoms with E-state index in [4.69, 9.17) is 25.7 Å². The fourth-order valence-electron chi connectivity index (χ4n) is 4.05. The van der Waals surface area contributed by atoms with Crippen LogP contribution in [0.5, 0.6) is 11.5 Å². The van der Waals surface area contributed by atoms with Crippen molar-refractivity contribution in [1.82, 2.24) is 4.90 Å². The minimum atomic E-state index is -1.34. The number of carboxylic acids is 2. The van der Waals surface area contributed by atoms with E-state index < -0.39 is 56.5 Å². The molecular formula is C31H41N4O14-. The number of esters is 3. The number of hydrogen-bond donors (Lipinski definition) is 5. The molecule has 0 aliphatic heterocycles. The minimum Gasteiger partial charge on any atom is -0.544 e. The molecule has 0 heterocycles. The highest BCUT2D eigenvalue weighted by Gasteiger charge is 2.18. The third kappa shape index (κ3) is 18.7. The molecule has 0 aliphatic rings. The van der Waals surface area contributed by atoms with Crippen molar-refractivity contribution in [1.29, 1.82) is 0 Å². The molecule has 0 fully saturated rings. The zero-order valence-electron chi connectivity index (χ0n) is 27.1. The van der Waals surface area contributed by atoms with E-state index >= 15 is 0 Å². The lowest BCUT2D eigenvalue weighted by atomic mass is 10.1. The van der Waals surface area contributed by atoms with Crippen LogP contribution in [0.15, 0.2) is 36.4 Å². The third-order valence-electron chi connectivity index (χ3n) is 6.17. The Morgan fingerprint density at radius 1 is 0.755 bits per heavy atom. The van der Waals surface area contributed by atoms with E-state index in [9.17, 15) is 49.2 Å². The number of rotatable bonds is 20. The van der Waals surface area contributed by atoms with Crippen LogP contribution >= 0.6 is 0 Å². The monoisotopic (exact) mass is 693 g/mol. The summed E-state index contributed by atoms with van der Waals surface area (Å²) >= 11 is 0. The van der Waals surface area contributed by atoms with Gasteiger partial charge in [-0.05, 0) is 42.8 Å². The summed E-state index contributed by atoms with van der Waals surface area (Å²) < 4.78 is 19.1. The van der Waals surface area contributed by atoms with Gasteiger partial charge in [0.05, 0.1) is 25.0 Å². The number of nitrogens with one attached hydrogen (secondary N) is 1. The van der Waals surface area contributed by atoms with Crippen molar-refractivity contribution in [3.8, 4) is 11.5 Å². The lowest BCUT2D eigenvalue weighted by molar-refractivity contribution is -0.902. The maximum Gasteiger partial charge on any atom is 0.323 e. The number of phenols is 2. The Morgan fingerprint density at radius 3 is 1.71 bits per heavy atom. The van der Waals surface area contributed by atoms with Gasteiger partial charge in [0.2, 0.25) is 6.79 Å². The van der Waals surface area contributed by atoms with Crippen LogP contribution in [-0.4, -0.2) is 97.1 Å². The van der Waals surface area contributed by atoms with Gasteiger partial charge in [0.1, 0.15) is 37.7 Å². The Morgan fingerprint density at radius 2 is 1.24 bits per heavy atom. The van der Waals surface area contributed by atoms with Crippen molar-refractivity contribution in [2.75, 3.05) is 46.4 Å². The quantitative estimate of drug-likeness (QED) is 0.0497. The number of ether oxygens (including phenoxy) is 4. The van der Waals surface area contributed by atoms with Gasteiger partial charge in [0.15, 0.2) is 12.6 Å². The average molecular weight is 694 g/mol. The van der Waals surface area contributed by atoms with Gasteiger partial charge in [-0.1, -0.05) is 6.07 Å². The van der Waals surface area contributed by atoms with E-state index in [1.54, 1.807) is 24.3 Å². The second-order valence-corrected chi connectivity index (χ2v) is 10.5. The lowest BCUT2D eigenvalue weighted by Crippen LogP contribution is -3.13. The first-order valence-corrected chi connectivity index (χ1v) is 14.6. The predicted molar refractivity (Wildman–Crippen MR) is 162 cm³/mol. The summed E-state index contributed by atoms with van der Waals surface area (Å²) in [6.07, 6.45) is 0. The smallest absolute Gasteiger partial charge is 0.323 e. The molecule has 0 unspecified atom stereocenters. The summed E-state index contributed by atoms with van der Waals surface area (Å²) in [6.45, 7) is 0.455. The number of phenolic OH excluding ortho intramolecular Hbond substituents is 2. The summed E-state index contributed by atoms with van der Waals surface area (Å²) in [4.78, 5) is 68.4. The lowest BCUT2D eigenvalue weighted by Gasteiger charge is -2.21. The summed E-state index contributed by atoms with van der Waals surface area (Å²) in [6, 6.07) is 9.36. The molecule has 0 saturated carbocycles. The number of aromatic hydroxyl groups is 2. The van der Waals surface area contributed by atoms with Crippen molar-refractivity contribution < 1.29 is 73.0 Å². The average Bonchev–Trinajstić information content (AvgIpc) is 3.00. The van der Waals surface area contributed by atoms with Crippen LogP contribution in [0.4, 0.5) is 0 Å². The number of carbonyl (C=O) groups is 6. The van der Waals surface area contributed by atoms with E-state index in [0.717, 1.165) is 0 Å². The molecular weight excluding hydrogens is 652 g/mol. The number of nitrogens with zero attached hydrogens (tertiary/aromatic N) is 1. The molecule has 0 amide bonds. The molecule has 0 saturated heterocycles. The standard InChI is InChI=1S/C19H26N2O9.C12H16N2O5/c1-13(22)10-27-11-29-18(25)8-21(9-19(26)30-12-28-14(2)23)7-15-3-4-17(24)16(5-15)6-20;13-4-9-3-8(1-2-10(9)15)5-14(6-11(16)17)7-12(18)19/h3-5,24H,6-12,20H2,1-2H3;1-3,15H,4-7,13H2,(H,16,17)(H,18,19)/p-1. The van der Waals surface area contributed by atoms with E-state index in [2.05, 4.69) is 4.74 Å². The SMILES string of the molecule is CC(=O)COCOC(=O)CN(CC(=O)OCOC(C)=O)Cc1ccc(O)c(CN)c1.NCc1cc(C[NH+](CC(=O)[O-])CC(=O)[O-])ccc1O. The van der Waals surface area contributed by atoms with Crippen LogP contribution in [0.3, 0.4) is 0 Å². The maximum atomic E-state index is 12.0. The van der Waals surface area contributed by atoms with Crippen LogP contribution in [0.2, 0.25) is 0 Å². The van der Waals surface area contributed by atoms with Gasteiger partial charge in [0.25, 0.3) is 0 Å². The molecule has 0 atom stereocenters. The van der Waals surface area contributed by atoms with Crippen molar-refractivity contribution >= 4 is 35.6 Å². The van der Waals surface area contributed by atoms with Gasteiger partial charge >= 0.3 is 17.9 Å². The Labute approximate surface area is 281 Å². The zero-order chi connectivity index (χ0) is 36.9. The van der Waals surface area contributed by atoms with E-state index in [1.165, 1.54) is 30.9 Å². The van der Waals surface area contributed by atoms with Crippen LogP contribution in [-0.2, 0) is 73.9 Å². The summed E-state index contributed by atoms with van der Waals surface area (Å²) in [5.74, 6) is -4.83. The van der Waals surface area contributed by atoms with Gasteiger partial charge < -0.3 is 65.3 Å². The molecule has 0 spiro atoms. The first kappa shape index (κ1) is 41.9. The van der Waals surface area contributed by atoms with Crippen LogP contribution in [0.25, 0.3) is 0 Å². The normalized spacial score (nSPS) is 10.6. The molecule has 0 bridgehead atoms. The number of carboxylic acid groups (broad SMARTS) is 2. The Kier molecular flexibility index (Phi) is 19.2. The number of hydrogen-bond acceptors (Lipinski definition) is 17. The summed E-state index contributed by atoms with van der Waals surface area (Å²) in [7, 11) is 0. The van der Waals surface area contributed by atoms with Crippen molar-refractivity contribution in [3.05, 3.63) is 58.7 Å². The first-order valence-electron chi connectivity index (χ1n) is 14.6. The first-order chi connectivity index (χ1) is 23.1. The topological polar surface area (TPSA) is 286 Å². The number of Topliss-reactive ketones (excluding diaryl/α,β-unsaturated/α-hetero) is 1. The highest BCUT2D eigenvalue weighted by atomic mass is 16.7. The third-order valence-corrected chi connectivity index (χ3v) is 6.17. The molecule has 18 nitrogen and oxygen atoms in total. The summed E-state index contributed by atoms with van der Waals surface area (Å²) in [5.41, 5.74) is 13.4. The molecule has 49 heavy (non-hydrogen) atoms. The number of aliphatic carboxylic acids is 2. The second-order valence-electron chi connectivity index (χ2n) is 10.5. The molecule has 2 aromatic rings. The van der Waals surface area contributed by atoms with Crippen molar-refractivity contribution in [3.63, 3.8) is 0 Å². The van der Waals surface area contributed by atoms with Crippen molar-refractivity contribution in [2.45, 2.75) is 40.0 Å². The van der Waals surface area contributed by atoms with Crippen LogP contribution < -0.4 is 26.6 Å². The van der Waals surface area contributed by atoms with Crippen LogP contribution in [0.1, 0.15) is 36.1 Å². The van der Waals surface area contributed by atoms with E-state index in [-0.39, 0.29) is 68.1 Å². The maximum absolute atomic E-state index is 12.0. The van der Waals surface area contributed by atoms with Crippen LogP contribution in [0, 0.1) is 0 Å². The number of benzene rings is 2. The molecule has 2 aromatic carbocycles. The van der Waals surface area contributed by atoms with Gasteiger partial charge in [0, 0.05) is 43.2 Å². The molecule has 0 aromatic heterocycles. The fraction of sp³-hybridized carbons (Fsp3) is 0.419. The minimum absolute atomic E-state index is 0.0376. The zero-order valence-corrected chi connectivity index (χ0v) is 27.1. The molecule has 7 N–H and O–H groups in total. The number of quaternary nitrogens is 1. The highest BCUT2D eigenvalue weighted by Crippen LogP contribution is 2.19. The number of carbonyl (C=O) groups excluding carboxylic acids is 6. The van der Waals surface area contributed by atoms with E-state index in [1.807, 2.05) is 0 Å². The summed E-state index contributed by atoms with van der Waals surface area (Å²) in [5, 5.41) is 40.3. The van der Waals surface area contributed by atoms with E-state index in [0.29, 0.717) is 22.3 Å². The molecule has 2 rings (SSSR count). The fourth-order valence-corrected chi connectivity index (χ4v) is 4.05. The molecule has 0 radical (unpaired) electrons. The molecule has 270 valence electrons. The number of ketones is 1. The highest BCUT2D eigenvalue weighted by molar-refractivity contribution is 5.77. The van der Waals surface area contributed by atoms with Gasteiger partial charge in [-0.25, -0.2) is 0 Å². The molecule has 0 aliphatic carbocycles. The Bertz CT molecular complexity index is 1420. The van der Waals surface area contributed by atoms with Gasteiger partial charge in [-0.15, -0.1) is 0 Å². The van der Waals surface area contributed by atoms with Crippen molar-refractivity contribution in [2.24, 2.45) is 11.5 Å². The largest absolute Gasteiger partial charge is 0.544 e. The Balaban J connectivity index is 0.000000542. The van der Waals surface area contributed by atoms with Gasteiger partial charge in [-0.2, -0.15) is 0 Å². The van der Waals surface area contributed by atoms with Gasteiger partial charge in [-0.3, -0.25) is 24.1 Å². The molecule has 18 heteroatoms. The Hall–Kier alpha value is -5.14. The number of nitrogens with two attached hydrogens (primary N) is 2.